The van der Waals surface area contributed by atoms with Gasteiger partial charge >= 0.3 is 5.97 Å². The predicted octanol–water partition coefficient (Wildman–Crippen LogP) is 6.13. The smallest absolute Gasteiger partial charge is 0.341 e. The van der Waals surface area contributed by atoms with E-state index in [1.165, 1.54) is 7.11 Å². The van der Waals surface area contributed by atoms with Gasteiger partial charge in [-0.05, 0) is 74.7 Å². The van der Waals surface area contributed by atoms with Gasteiger partial charge in [-0.15, -0.1) is 11.3 Å². The van der Waals surface area contributed by atoms with Crippen molar-refractivity contribution in [1.82, 2.24) is 9.78 Å². The van der Waals surface area contributed by atoms with Crippen molar-refractivity contribution >= 4 is 28.9 Å². The number of ether oxygens (including phenoxy) is 3. The van der Waals surface area contributed by atoms with Crippen LogP contribution in [0.4, 0.5) is 0 Å². The molecule has 6 nitrogen and oxygen atoms in total. The molecular weight excluding hydrogens is 460 g/mol. The number of benzene rings is 1. The molecule has 0 fully saturated rings. The van der Waals surface area contributed by atoms with Crippen molar-refractivity contribution in [3.63, 3.8) is 0 Å². The molecule has 3 heterocycles. The van der Waals surface area contributed by atoms with E-state index < -0.39 is 17.7 Å². The molecule has 0 spiro atoms. The minimum absolute atomic E-state index is 0.475. The standard InChI is InChI=1S/C25H29ClN2O4S/c1-14-15-9-7-11-31-22(15)17(26)13-16(14)19-20(18-10-8-12-33-18)27-28(5)21(19)23(24(29)30-6)32-25(2,3)4/h8,10,12-13,23H,7,9,11H2,1-6H3. The Morgan fingerprint density at radius 3 is 2.76 bits per heavy atom. The molecule has 0 bridgehead atoms. The highest BCUT2D eigenvalue weighted by molar-refractivity contribution is 7.13. The summed E-state index contributed by atoms with van der Waals surface area (Å²) in [6.07, 6.45) is 0.863. The van der Waals surface area contributed by atoms with Crippen molar-refractivity contribution in [3.8, 4) is 27.4 Å². The summed E-state index contributed by atoms with van der Waals surface area (Å²) in [5, 5.41) is 7.42. The highest BCUT2D eigenvalue weighted by Gasteiger charge is 2.36. The lowest BCUT2D eigenvalue weighted by Gasteiger charge is -2.27. The number of nitrogens with zero attached hydrogens (tertiary/aromatic N) is 2. The van der Waals surface area contributed by atoms with E-state index >= 15 is 0 Å². The molecule has 0 N–H and O–H groups in total. The maximum absolute atomic E-state index is 13.0. The molecule has 2 aromatic heterocycles. The van der Waals surface area contributed by atoms with E-state index in [-0.39, 0.29) is 0 Å². The van der Waals surface area contributed by atoms with Crippen LogP contribution < -0.4 is 4.74 Å². The molecule has 1 aromatic carbocycles. The lowest BCUT2D eigenvalue weighted by molar-refractivity contribution is -0.165. The van der Waals surface area contributed by atoms with Gasteiger partial charge in [-0.2, -0.15) is 5.10 Å². The number of hydrogen-bond acceptors (Lipinski definition) is 6. The molecule has 0 saturated heterocycles. The lowest BCUT2D eigenvalue weighted by atomic mass is 9.90. The van der Waals surface area contributed by atoms with Crippen LogP contribution >= 0.6 is 22.9 Å². The summed E-state index contributed by atoms with van der Waals surface area (Å²) in [5.74, 6) is 0.277. The van der Waals surface area contributed by atoms with Crippen LogP contribution in [-0.2, 0) is 27.7 Å². The Kier molecular flexibility index (Phi) is 6.58. The van der Waals surface area contributed by atoms with Crippen LogP contribution in [0.15, 0.2) is 23.6 Å². The van der Waals surface area contributed by atoms with Gasteiger partial charge in [-0.3, -0.25) is 4.68 Å². The second-order valence-electron chi connectivity index (χ2n) is 9.13. The fraction of sp³-hybridized carbons (Fsp3) is 0.440. The molecule has 0 saturated carbocycles. The van der Waals surface area contributed by atoms with Gasteiger partial charge in [0.25, 0.3) is 0 Å². The van der Waals surface area contributed by atoms with Crippen LogP contribution in [0.2, 0.25) is 5.02 Å². The normalized spacial score (nSPS) is 14.5. The maximum Gasteiger partial charge on any atom is 0.341 e. The SMILES string of the molecule is COC(=O)C(OC(C)(C)C)c1c(-c2cc(Cl)c3c(c2C)CCCO3)c(-c2cccs2)nn1C. The molecule has 8 heteroatoms. The van der Waals surface area contributed by atoms with E-state index in [0.717, 1.165) is 51.4 Å². The van der Waals surface area contributed by atoms with Gasteiger partial charge in [-0.1, -0.05) is 17.7 Å². The first kappa shape index (κ1) is 23.8. The minimum atomic E-state index is -0.957. The summed E-state index contributed by atoms with van der Waals surface area (Å²) in [7, 11) is 3.20. The monoisotopic (exact) mass is 488 g/mol. The fourth-order valence-corrected chi connectivity index (χ4v) is 5.28. The van der Waals surface area contributed by atoms with Gasteiger partial charge in [0.05, 0.1) is 34.9 Å². The number of methoxy groups -OCH3 is 1. The average Bonchev–Trinajstić information content (AvgIpc) is 3.41. The fourth-order valence-electron chi connectivity index (χ4n) is 4.28. The summed E-state index contributed by atoms with van der Waals surface area (Å²) in [4.78, 5) is 14.0. The van der Waals surface area contributed by atoms with Gasteiger partial charge < -0.3 is 14.2 Å². The number of halogens is 1. The summed E-state index contributed by atoms with van der Waals surface area (Å²) < 4.78 is 19.0. The highest BCUT2D eigenvalue weighted by Crippen LogP contribution is 2.46. The summed E-state index contributed by atoms with van der Waals surface area (Å²) >= 11 is 8.30. The van der Waals surface area contributed by atoms with Crippen LogP contribution in [-0.4, -0.2) is 35.1 Å². The van der Waals surface area contributed by atoms with E-state index in [0.29, 0.717) is 17.3 Å². The third-order valence-corrected chi connectivity index (χ3v) is 6.84. The van der Waals surface area contributed by atoms with Crippen molar-refractivity contribution in [2.75, 3.05) is 13.7 Å². The van der Waals surface area contributed by atoms with Crippen molar-refractivity contribution in [3.05, 3.63) is 45.4 Å². The van der Waals surface area contributed by atoms with Gasteiger partial charge in [-0.25, -0.2) is 4.79 Å². The summed E-state index contributed by atoms with van der Waals surface area (Å²) in [6.45, 7) is 8.48. The van der Waals surface area contributed by atoms with Crippen molar-refractivity contribution in [2.24, 2.45) is 7.05 Å². The quantitative estimate of drug-likeness (QED) is 0.404. The first-order chi connectivity index (χ1) is 15.6. The molecule has 176 valence electrons. The Morgan fingerprint density at radius 2 is 2.12 bits per heavy atom. The molecule has 3 aromatic rings. The third-order valence-electron chi connectivity index (χ3n) is 5.69. The first-order valence-corrected chi connectivity index (χ1v) is 12.2. The van der Waals surface area contributed by atoms with Crippen LogP contribution in [0.25, 0.3) is 21.7 Å². The van der Waals surface area contributed by atoms with Gasteiger partial charge in [0.15, 0.2) is 6.10 Å². The molecule has 0 radical (unpaired) electrons. The number of hydrogen-bond donors (Lipinski definition) is 0. The Bertz CT molecular complexity index is 1180. The number of aryl methyl sites for hydroxylation is 1. The van der Waals surface area contributed by atoms with Crippen molar-refractivity contribution in [1.29, 1.82) is 0 Å². The molecular formula is C25H29ClN2O4S. The molecule has 1 unspecified atom stereocenters. The molecule has 4 rings (SSSR count). The van der Waals surface area contributed by atoms with Crippen LogP contribution in [0, 0.1) is 6.92 Å². The van der Waals surface area contributed by atoms with E-state index in [1.807, 2.05) is 51.4 Å². The second kappa shape index (κ2) is 9.12. The lowest BCUT2D eigenvalue weighted by Crippen LogP contribution is -2.30. The van der Waals surface area contributed by atoms with E-state index in [9.17, 15) is 4.79 Å². The Morgan fingerprint density at radius 1 is 1.36 bits per heavy atom. The van der Waals surface area contributed by atoms with Crippen molar-refractivity contribution < 1.29 is 19.0 Å². The molecule has 1 aliphatic rings. The van der Waals surface area contributed by atoms with Gasteiger partial charge in [0, 0.05) is 12.6 Å². The summed E-state index contributed by atoms with van der Waals surface area (Å²) in [5.41, 5.74) is 4.75. The molecule has 0 amide bonds. The maximum atomic E-state index is 13.0. The first-order valence-electron chi connectivity index (χ1n) is 10.9. The van der Waals surface area contributed by atoms with Crippen LogP contribution in [0.3, 0.4) is 0 Å². The molecule has 1 aliphatic heterocycles. The number of carbonyl (C=O) groups is 1. The third kappa shape index (κ3) is 4.54. The molecule has 33 heavy (non-hydrogen) atoms. The Labute approximate surface area is 203 Å². The number of thiophene rings is 1. The number of carbonyl (C=O) groups excluding carboxylic acids is 1. The van der Waals surface area contributed by atoms with Crippen LogP contribution in [0.5, 0.6) is 5.75 Å². The van der Waals surface area contributed by atoms with Gasteiger partial charge in [0.1, 0.15) is 11.4 Å². The van der Waals surface area contributed by atoms with Crippen LogP contribution in [0.1, 0.15) is 50.1 Å². The van der Waals surface area contributed by atoms with E-state index in [4.69, 9.17) is 30.9 Å². The van der Waals surface area contributed by atoms with Gasteiger partial charge in [0.2, 0.25) is 0 Å². The highest BCUT2D eigenvalue weighted by atomic mass is 35.5. The largest absolute Gasteiger partial charge is 0.492 e. The zero-order chi connectivity index (χ0) is 23.9. The second-order valence-corrected chi connectivity index (χ2v) is 10.5. The minimum Gasteiger partial charge on any atom is -0.492 e. The summed E-state index contributed by atoms with van der Waals surface area (Å²) in [6, 6.07) is 5.93. The topological polar surface area (TPSA) is 62.6 Å². The van der Waals surface area contributed by atoms with E-state index in [2.05, 4.69) is 6.92 Å². The number of fused-ring (bicyclic) bond motifs is 1. The van der Waals surface area contributed by atoms with Crippen molar-refractivity contribution in [2.45, 2.75) is 52.2 Å². The molecule has 0 aliphatic carbocycles. The molecule has 1 atom stereocenters. The zero-order valence-corrected chi connectivity index (χ0v) is 21.4. The number of aromatic nitrogens is 2. The Balaban J connectivity index is 2.03. The number of esters is 1. The van der Waals surface area contributed by atoms with E-state index in [1.54, 1.807) is 16.0 Å². The number of rotatable bonds is 5. The average molecular weight is 489 g/mol. The predicted molar refractivity (Wildman–Crippen MR) is 131 cm³/mol. The Hall–Kier alpha value is -2.35. The zero-order valence-electron chi connectivity index (χ0n) is 19.8.